The predicted octanol–water partition coefficient (Wildman–Crippen LogP) is -1.19. The van der Waals surface area contributed by atoms with Gasteiger partial charge < -0.3 is 5.11 Å². The quantitative estimate of drug-likeness (QED) is 0.276. The van der Waals surface area contributed by atoms with Crippen molar-refractivity contribution in [3.8, 4) is 0 Å². The van der Waals surface area contributed by atoms with E-state index in [1.54, 1.807) is 0 Å². The van der Waals surface area contributed by atoms with Crippen molar-refractivity contribution in [2.24, 2.45) is 0 Å². The lowest BCUT2D eigenvalue weighted by molar-refractivity contribution is -0.928. The molecule has 0 aromatic rings. The Morgan fingerprint density at radius 1 is 1.31 bits per heavy atom. The number of carboxylic acid groups (broad SMARTS) is 1. The first-order chi connectivity index (χ1) is 6.86. The van der Waals surface area contributed by atoms with E-state index in [9.17, 15) is 13.2 Å². The van der Waals surface area contributed by atoms with Crippen LogP contribution in [0, 0.1) is 0 Å². The molecule has 16 heavy (non-hydrogen) atoms. The summed E-state index contributed by atoms with van der Waals surface area (Å²) in [6.07, 6.45) is 0. The maximum Gasteiger partial charge on any atom is 0.445 e. The van der Waals surface area contributed by atoms with Crippen LogP contribution in [0.1, 0.15) is 0 Å². The summed E-state index contributed by atoms with van der Waals surface area (Å²) in [5, 5.41) is 7.15. The highest BCUT2D eigenvalue weighted by atomic mass is 32.2. The molecule has 2 N–H and O–H groups in total. The van der Waals surface area contributed by atoms with Crippen LogP contribution >= 0.6 is 0 Å². The van der Waals surface area contributed by atoms with Crippen molar-refractivity contribution >= 4 is 16.1 Å². The Balaban J connectivity index is 5.93. The first kappa shape index (κ1) is 15.3. The number of nitrogens with zero attached hydrogens (tertiary/aromatic N) is 2. The van der Waals surface area contributed by atoms with Crippen LogP contribution in [-0.4, -0.2) is 73.9 Å². The number of carboxylic acids is 1. The lowest BCUT2D eigenvalue weighted by Gasteiger charge is -2.39. The van der Waals surface area contributed by atoms with E-state index in [1.165, 1.54) is 35.2 Å². The molecule has 0 aliphatic rings. The molecule has 1 unspecified atom stereocenters. The second-order valence-corrected chi connectivity index (χ2v) is 5.78. The number of quaternary nitrogens is 1. The fourth-order valence-corrected chi connectivity index (χ4v) is 2.36. The highest BCUT2D eigenvalue weighted by molar-refractivity contribution is 7.87. The third kappa shape index (κ3) is 2.50. The van der Waals surface area contributed by atoms with E-state index in [-0.39, 0.29) is 0 Å². The normalized spacial score (nSPS) is 17.2. The Hall–Kier alpha value is -0.740. The van der Waals surface area contributed by atoms with E-state index in [0.29, 0.717) is 0 Å². The van der Waals surface area contributed by atoms with Gasteiger partial charge in [-0.05, 0) is 0 Å². The summed E-state index contributed by atoms with van der Waals surface area (Å²) in [7, 11) is 1.52. The molecule has 0 aliphatic heterocycles. The van der Waals surface area contributed by atoms with Gasteiger partial charge in [0.25, 0.3) is 0 Å². The van der Waals surface area contributed by atoms with E-state index in [2.05, 4.69) is 0 Å². The van der Waals surface area contributed by atoms with Crippen molar-refractivity contribution in [1.82, 2.24) is 5.06 Å². The van der Waals surface area contributed by atoms with E-state index in [0.717, 1.165) is 5.06 Å². The Morgan fingerprint density at radius 3 is 1.75 bits per heavy atom. The number of carbonyl (C=O) groups is 1. The van der Waals surface area contributed by atoms with E-state index >= 15 is 0 Å². The van der Waals surface area contributed by atoms with Crippen LogP contribution in [0.2, 0.25) is 0 Å². The molecule has 0 heterocycles. The molecule has 96 valence electrons. The summed E-state index contributed by atoms with van der Waals surface area (Å²) < 4.78 is 31.0. The molecule has 0 rings (SSSR count). The summed E-state index contributed by atoms with van der Waals surface area (Å²) in [5.74, 6) is -1.80. The van der Waals surface area contributed by atoms with Crippen molar-refractivity contribution in [3.63, 3.8) is 0 Å². The molecule has 0 fully saturated rings. The zero-order valence-corrected chi connectivity index (χ0v) is 10.6. The van der Waals surface area contributed by atoms with Crippen molar-refractivity contribution in [2.45, 2.75) is 5.06 Å². The van der Waals surface area contributed by atoms with Gasteiger partial charge in [-0.25, -0.2) is 9.63 Å². The van der Waals surface area contributed by atoms with Gasteiger partial charge in [0, 0.05) is 14.1 Å². The molecule has 0 saturated heterocycles. The third-order valence-electron chi connectivity index (χ3n) is 1.81. The summed E-state index contributed by atoms with van der Waals surface area (Å²) in [4.78, 5) is 15.9. The third-order valence-corrected chi connectivity index (χ3v) is 3.31. The molecular weight excluding hydrogens is 240 g/mol. The minimum atomic E-state index is -4.97. The first-order valence-corrected chi connectivity index (χ1v) is 5.68. The van der Waals surface area contributed by atoms with Crippen LogP contribution in [0.25, 0.3) is 0 Å². The summed E-state index contributed by atoms with van der Waals surface area (Å²) in [6, 6.07) is 0. The predicted molar refractivity (Wildman–Crippen MR) is 54.7 cm³/mol. The average Bonchev–Trinajstić information content (AvgIpc) is 1.93. The van der Waals surface area contributed by atoms with Crippen LogP contribution in [0.15, 0.2) is 0 Å². The van der Waals surface area contributed by atoms with E-state index < -0.39 is 25.6 Å². The highest BCUT2D eigenvalue weighted by Gasteiger charge is 2.65. The van der Waals surface area contributed by atoms with Gasteiger partial charge in [0.2, 0.25) is 0 Å². The monoisotopic (exact) mass is 257 g/mol. The smallest absolute Gasteiger partial charge is 0.445 e. The van der Waals surface area contributed by atoms with Gasteiger partial charge in [-0.15, -0.1) is 0 Å². The second-order valence-electron chi connectivity index (χ2n) is 4.28. The van der Waals surface area contributed by atoms with Crippen LogP contribution in [0.3, 0.4) is 0 Å². The molecule has 0 bridgehead atoms. The maximum absolute atomic E-state index is 11.3. The number of likely N-dealkylation sites (N-methyl/N-ethyl adjacent to an activating group) is 1. The van der Waals surface area contributed by atoms with E-state index in [1.807, 2.05) is 0 Å². The summed E-state index contributed by atoms with van der Waals surface area (Å²) in [5.41, 5.74) is 0. The molecule has 9 heteroatoms. The second kappa shape index (κ2) is 4.26. The van der Waals surface area contributed by atoms with Crippen LogP contribution in [-0.2, 0) is 19.8 Å². The average molecular weight is 257 g/mol. The molecule has 0 saturated carbocycles. The van der Waals surface area contributed by atoms with Crippen molar-refractivity contribution in [1.29, 1.82) is 0 Å². The molecule has 0 amide bonds. The topological polar surface area (TPSA) is 104 Å². The van der Waals surface area contributed by atoms with Crippen molar-refractivity contribution in [2.75, 3.05) is 35.2 Å². The zero-order chi connectivity index (χ0) is 13.4. The Morgan fingerprint density at radius 2 is 1.69 bits per heavy atom. The van der Waals surface area contributed by atoms with Gasteiger partial charge in [0.05, 0.1) is 21.1 Å². The van der Waals surface area contributed by atoms with Crippen LogP contribution in [0.5, 0.6) is 0 Å². The number of rotatable bonds is 5. The lowest BCUT2D eigenvalue weighted by Crippen LogP contribution is -2.69. The number of hydroxylamine groups is 2. The zero-order valence-electron chi connectivity index (χ0n) is 9.83. The molecule has 8 nitrogen and oxygen atoms in total. The fourth-order valence-electron chi connectivity index (χ4n) is 1.20. The Kier molecular flexibility index (Phi) is 4.06. The number of aliphatic carboxylic acids is 1. The lowest BCUT2D eigenvalue weighted by atomic mass is 10.4. The molecule has 1 atom stereocenters. The van der Waals surface area contributed by atoms with Gasteiger partial charge in [-0.2, -0.15) is 13.5 Å². The van der Waals surface area contributed by atoms with Crippen LogP contribution < -0.4 is 0 Å². The van der Waals surface area contributed by atoms with E-state index in [4.69, 9.17) is 14.5 Å². The van der Waals surface area contributed by atoms with Gasteiger partial charge in [0.1, 0.15) is 0 Å². The minimum absolute atomic E-state index is 0.653. The fraction of sp³-hybridized carbons (Fsp3) is 0.857. The molecule has 0 spiro atoms. The molecule has 0 aliphatic carbocycles. The minimum Gasteiger partial charge on any atom is -0.474 e. The number of hydrogen-bond acceptors (Lipinski definition) is 5. The van der Waals surface area contributed by atoms with Gasteiger partial charge in [-0.1, -0.05) is 0 Å². The summed E-state index contributed by atoms with van der Waals surface area (Å²) in [6.45, 7) is 0. The molecule has 0 aromatic carbocycles. The largest absolute Gasteiger partial charge is 0.474 e. The van der Waals surface area contributed by atoms with Crippen LogP contribution in [0.4, 0.5) is 0 Å². The molecule has 0 aromatic heterocycles. The van der Waals surface area contributed by atoms with Crippen molar-refractivity contribution < 1.29 is 32.2 Å². The number of hydrogen-bond donors (Lipinski definition) is 2. The molecule has 0 radical (unpaired) electrons. The SMILES string of the molecule is CN(C)OC(C(=O)O)([N+](C)(C)C)S(=O)(=O)O. The first-order valence-electron chi connectivity index (χ1n) is 4.24. The Bertz CT molecular complexity index is 371. The van der Waals surface area contributed by atoms with Gasteiger partial charge in [0.15, 0.2) is 0 Å². The highest BCUT2D eigenvalue weighted by Crippen LogP contribution is 2.27. The Labute approximate surface area is 94.3 Å². The van der Waals surface area contributed by atoms with Gasteiger partial charge in [-0.3, -0.25) is 9.04 Å². The van der Waals surface area contributed by atoms with Gasteiger partial charge >= 0.3 is 21.1 Å². The summed E-state index contributed by atoms with van der Waals surface area (Å²) >= 11 is 0. The van der Waals surface area contributed by atoms with Crippen molar-refractivity contribution in [3.05, 3.63) is 0 Å². The maximum atomic E-state index is 11.3. The molecular formula is C7H17N2O6S+. The standard InChI is InChI=1S/C7H16N2O6S/c1-8(2)15-7(6(10)11,9(3,4)5)16(12,13)14/h1-5H3,(H-,10,11,12,13,14)/p+1.